The van der Waals surface area contributed by atoms with Crippen LogP contribution in [0.2, 0.25) is 0 Å². The van der Waals surface area contributed by atoms with Crippen LogP contribution in [0.4, 0.5) is 18.9 Å². The fraction of sp³-hybridized carbons (Fsp3) is 0.167. The van der Waals surface area contributed by atoms with Crippen molar-refractivity contribution < 1.29 is 27.9 Å². The van der Waals surface area contributed by atoms with Crippen LogP contribution in [0.5, 0.6) is 5.75 Å². The number of para-hydroxylation sites is 1. The molecule has 6 nitrogen and oxygen atoms in total. The van der Waals surface area contributed by atoms with E-state index < -0.39 is 23.6 Å². The third-order valence-corrected chi connectivity index (χ3v) is 3.40. The van der Waals surface area contributed by atoms with Crippen LogP contribution in [0, 0.1) is 0 Å². The molecule has 0 saturated heterocycles. The van der Waals surface area contributed by atoms with Gasteiger partial charge in [-0.2, -0.15) is 18.3 Å². The molecular weight excluding hydrogens is 363 g/mol. The van der Waals surface area contributed by atoms with Gasteiger partial charge in [-0.25, -0.2) is 5.43 Å². The van der Waals surface area contributed by atoms with E-state index in [-0.39, 0.29) is 29.1 Å². The average Bonchev–Trinajstić information content (AvgIpc) is 2.59. The summed E-state index contributed by atoms with van der Waals surface area (Å²) in [6.07, 6.45) is -4.90. The van der Waals surface area contributed by atoms with Crippen LogP contribution >= 0.6 is 0 Å². The van der Waals surface area contributed by atoms with Gasteiger partial charge in [0.25, 0.3) is 5.91 Å². The Balaban J connectivity index is 1.96. The highest BCUT2D eigenvalue weighted by atomic mass is 19.4. The smallest absolute Gasteiger partial charge is 0.418 e. The summed E-state index contributed by atoms with van der Waals surface area (Å²) in [7, 11) is 0. The van der Waals surface area contributed by atoms with Gasteiger partial charge in [0.1, 0.15) is 5.75 Å². The number of aromatic hydroxyl groups is 1. The number of amides is 2. The number of benzene rings is 2. The quantitative estimate of drug-likeness (QED) is 0.548. The van der Waals surface area contributed by atoms with Crippen molar-refractivity contribution in [1.29, 1.82) is 0 Å². The normalized spacial score (nSPS) is 11.8. The molecular formula is C18H16F3N3O3. The zero-order valence-corrected chi connectivity index (χ0v) is 14.2. The largest absolute Gasteiger partial charge is 0.508 e. The number of alkyl halides is 3. The first-order valence-corrected chi connectivity index (χ1v) is 7.75. The number of rotatable bonds is 5. The summed E-state index contributed by atoms with van der Waals surface area (Å²) in [6.45, 7) is 1.45. The molecule has 0 heterocycles. The van der Waals surface area contributed by atoms with Crippen LogP contribution < -0.4 is 10.7 Å². The summed E-state index contributed by atoms with van der Waals surface area (Å²) >= 11 is 0. The van der Waals surface area contributed by atoms with E-state index in [0.717, 1.165) is 12.1 Å². The van der Waals surface area contributed by atoms with Gasteiger partial charge in [-0.05, 0) is 43.3 Å². The maximum atomic E-state index is 12.9. The minimum atomic E-state index is -4.59. The van der Waals surface area contributed by atoms with Crippen molar-refractivity contribution in [3.63, 3.8) is 0 Å². The second-order valence-electron chi connectivity index (χ2n) is 5.60. The van der Waals surface area contributed by atoms with Gasteiger partial charge >= 0.3 is 6.18 Å². The lowest BCUT2D eigenvalue weighted by Gasteiger charge is -2.13. The number of hydrazone groups is 1. The van der Waals surface area contributed by atoms with Crippen molar-refractivity contribution in [3.05, 3.63) is 59.7 Å². The fourth-order valence-corrected chi connectivity index (χ4v) is 2.13. The SMILES string of the molecule is CC(CC(=O)Nc1ccccc1C(F)(F)F)=NNC(=O)c1ccc(O)cc1. The Hall–Kier alpha value is -3.36. The van der Waals surface area contributed by atoms with E-state index in [1.165, 1.54) is 43.3 Å². The molecule has 2 aromatic carbocycles. The summed E-state index contributed by atoms with van der Waals surface area (Å²) < 4.78 is 38.8. The van der Waals surface area contributed by atoms with E-state index in [2.05, 4.69) is 15.8 Å². The Bertz CT molecular complexity index is 862. The first-order valence-electron chi connectivity index (χ1n) is 7.75. The van der Waals surface area contributed by atoms with E-state index in [0.29, 0.717) is 0 Å². The fourth-order valence-electron chi connectivity index (χ4n) is 2.13. The number of carbonyl (C=O) groups is 2. The van der Waals surface area contributed by atoms with Crippen molar-refractivity contribution in [2.45, 2.75) is 19.5 Å². The minimum Gasteiger partial charge on any atom is -0.508 e. The van der Waals surface area contributed by atoms with Crippen molar-refractivity contribution in [1.82, 2.24) is 5.43 Å². The standard InChI is InChI=1S/C18H16F3N3O3/c1-11(23-24-17(27)12-6-8-13(25)9-7-12)10-16(26)22-15-5-3-2-4-14(15)18(19,20)21/h2-9,25H,10H2,1H3,(H,22,26)(H,24,27). The summed E-state index contributed by atoms with van der Waals surface area (Å²) in [5.74, 6) is -1.26. The predicted molar refractivity (Wildman–Crippen MR) is 93.4 cm³/mol. The van der Waals surface area contributed by atoms with Crippen LogP contribution in [0.1, 0.15) is 29.3 Å². The molecule has 0 aliphatic rings. The van der Waals surface area contributed by atoms with Gasteiger partial charge in [0, 0.05) is 11.3 Å². The van der Waals surface area contributed by atoms with Gasteiger partial charge in [0.2, 0.25) is 5.91 Å². The van der Waals surface area contributed by atoms with Crippen molar-refractivity contribution in [2.24, 2.45) is 5.10 Å². The second kappa shape index (κ2) is 8.35. The van der Waals surface area contributed by atoms with Crippen molar-refractivity contribution in [3.8, 4) is 5.75 Å². The highest BCUT2D eigenvalue weighted by Crippen LogP contribution is 2.34. The molecule has 0 aliphatic carbocycles. The zero-order chi connectivity index (χ0) is 20.0. The molecule has 0 saturated carbocycles. The summed E-state index contributed by atoms with van der Waals surface area (Å²) in [5.41, 5.74) is 1.37. The first kappa shape index (κ1) is 20.0. The third-order valence-electron chi connectivity index (χ3n) is 3.40. The molecule has 2 amide bonds. The molecule has 3 N–H and O–H groups in total. The van der Waals surface area contributed by atoms with E-state index >= 15 is 0 Å². The van der Waals surface area contributed by atoms with Crippen LogP contribution in [0.15, 0.2) is 53.6 Å². The minimum absolute atomic E-state index is 0.00189. The van der Waals surface area contributed by atoms with Gasteiger partial charge in [0.05, 0.1) is 17.7 Å². The summed E-state index contributed by atoms with van der Waals surface area (Å²) in [5, 5.41) is 15.1. The topological polar surface area (TPSA) is 90.8 Å². The number of halogens is 3. The number of phenols is 1. The molecule has 142 valence electrons. The molecule has 27 heavy (non-hydrogen) atoms. The van der Waals surface area contributed by atoms with E-state index in [1.54, 1.807) is 0 Å². The molecule has 9 heteroatoms. The van der Waals surface area contributed by atoms with Crippen LogP contribution in [-0.2, 0) is 11.0 Å². The van der Waals surface area contributed by atoms with Crippen molar-refractivity contribution in [2.75, 3.05) is 5.32 Å². The molecule has 0 aliphatic heterocycles. The maximum Gasteiger partial charge on any atom is 0.418 e. The Labute approximate surface area is 152 Å². The molecule has 2 aromatic rings. The monoisotopic (exact) mass is 379 g/mol. The zero-order valence-electron chi connectivity index (χ0n) is 14.2. The van der Waals surface area contributed by atoms with Gasteiger partial charge in [-0.1, -0.05) is 12.1 Å². The van der Waals surface area contributed by atoms with E-state index in [9.17, 15) is 27.9 Å². The van der Waals surface area contributed by atoms with Crippen LogP contribution in [-0.4, -0.2) is 22.6 Å². The lowest BCUT2D eigenvalue weighted by molar-refractivity contribution is -0.137. The Morgan fingerprint density at radius 3 is 2.33 bits per heavy atom. The van der Waals surface area contributed by atoms with Gasteiger partial charge in [0.15, 0.2) is 0 Å². The Kier molecular flexibility index (Phi) is 6.17. The highest BCUT2D eigenvalue weighted by molar-refractivity contribution is 6.06. The molecule has 0 fully saturated rings. The van der Waals surface area contributed by atoms with Crippen molar-refractivity contribution >= 4 is 23.2 Å². The Morgan fingerprint density at radius 2 is 1.70 bits per heavy atom. The number of carbonyl (C=O) groups excluding carboxylic acids is 2. The lowest BCUT2D eigenvalue weighted by atomic mass is 10.1. The molecule has 0 bridgehead atoms. The number of nitrogens with zero attached hydrogens (tertiary/aromatic N) is 1. The number of hydrogen-bond acceptors (Lipinski definition) is 4. The highest BCUT2D eigenvalue weighted by Gasteiger charge is 2.33. The number of hydrogen-bond donors (Lipinski definition) is 3. The number of phenolic OH excluding ortho intramolecular Hbond substituents is 1. The summed E-state index contributed by atoms with van der Waals surface area (Å²) in [6, 6.07) is 10.1. The Morgan fingerprint density at radius 1 is 1.07 bits per heavy atom. The maximum absolute atomic E-state index is 12.9. The average molecular weight is 379 g/mol. The molecule has 0 radical (unpaired) electrons. The molecule has 0 atom stereocenters. The lowest BCUT2D eigenvalue weighted by Crippen LogP contribution is -2.22. The van der Waals surface area contributed by atoms with Crippen LogP contribution in [0.3, 0.4) is 0 Å². The first-order chi connectivity index (χ1) is 12.7. The van der Waals surface area contributed by atoms with Gasteiger partial charge in [-0.3, -0.25) is 9.59 Å². The third kappa shape index (κ3) is 5.84. The predicted octanol–water partition coefficient (Wildman–Crippen LogP) is 3.55. The number of nitrogens with one attached hydrogen (secondary N) is 2. The summed E-state index contributed by atoms with van der Waals surface area (Å²) in [4.78, 5) is 23.8. The van der Waals surface area contributed by atoms with Gasteiger partial charge in [-0.15, -0.1) is 0 Å². The second-order valence-corrected chi connectivity index (χ2v) is 5.60. The molecule has 0 aromatic heterocycles. The molecule has 0 spiro atoms. The van der Waals surface area contributed by atoms with Crippen LogP contribution in [0.25, 0.3) is 0 Å². The van der Waals surface area contributed by atoms with E-state index in [4.69, 9.17) is 0 Å². The van der Waals surface area contributed by atoms with Gasteiger partial charge < -0.3 is 10.4 Å². The molecule has 2 rings (SSSR count). The number of anilines is 1. The molecule has 0 unspecified atom stereocenters. The van der Waals surface area contributed by atoms with E-state index in [1.807, 2.05) is 0 Å².